The standard InChI is InChI=1S/C16H20N2O3/c1-12(20-3)10-21-16(19)15-9-17-11-18(15)13(2)14-7-5-4-6-8-14/h4-9,11-13H,10H2,1-3H3/t12?,13-/m1/s1. The Morgan fingerprint density at radius 1 is 1.29 bits per heavy atom. The molecule has 1 aromatic heterocycles. The highest BCUT2D eigenvalue weighted by Crippen LogP contribution is 2.19. The lowest BCUT2D eigenvalue weighted by Crippen LogP contribution is -2.20. The summed E-state index contributed by atoms with van der Waals surface area (Å²) in [4.78, 5) is 16.2. The molecule has 1 aromatic carbocycles. The van der Waals surface area contributed by atoms with Gasteiger partial charge in [-0.15, -0.1) is 0 Å². The second kappa shape index (κ2) is 7.04. The Morgan fingerprint density at radius 3 is 2.67 bits per heavy atom. The first-order chi connectivity index (χ1) is 10.1. The summed E-state index contributed by atoms with van der Waals surface area (Å²) in [6.07, 6.45) is 3.05. The van der Waals surface area contributed by atoms with Crippen LogP contribution in [0.4, 0.5) is 0 Å². The molecule has 1 unspecified atom stereocenters. The highest BCUT2D eigenvalue weighted by atomic mass is 16.6. The fourth-order valence-electron chi connectivity index (χ4n) is 2.00. The van der Waals surface area contributed by atoms with Crippen LogP contribution in [0.5, 0.6) is 0 Å². The molecule has 5 nitrogen and oxygen atoms in total. The molecular formula is C16H20N2O3. The zero-order valence-corrected chi connectivity index (χ0v) is 12.5. The second-order valence-electron chi connectivity index (χ2n) is 4.92. The van der Waals surface area contributed by atoms with Crippen LogP contribution in [0.1, 0.15) is 35.9 Å². The Bertz CT molecular complexity index is 580. The maximum absolute atomic E-state index is 12.1. The van der Waals surface area contributed by atoms with Crippen LogP contribution in [0.15, 0.2) is 42.9 Å². The number of carbonyl (C=O) groups is 1. The predicted molar refractivity (Wildman–Crippen MR) is 79.2 cm³/mol. The molecular weight excluding hydrogens is 268 g/mol. The van der Waals surface area contributed by atoms with Crippen molar-refractivity contribution in [2.24, 2.45) is 0 Å². The molecule has 112 valence electrons. The summed E-state index contributed by atoms with van der Waals surface area (Å²) in [5, 5.41) is 0. The van der Waals surface area contributed by atoms with Gasteiger partial charge in [0.1, 0.15) is 12.3 Å². The number of imidazole rings is 1. The molecule has 1 heterocycles. The molecule has 0 aliphatic carbocycles. The third kappa shape index (κ3) is 3.70. The highest BCUT2D eigenvalue weighted by Gasteiger charge is 2.18. The number of aromatic nitrogens is 2. The van der Waals surface area contributed by atoms with Crippen LogP contribution >= 0.6 is 0 Å². The number of carbonyl (C=O) groups excluding carboxylic acids is 1. The van der Waals surface area contributed by atoms with Gasteiger partial charge in [-0.05, 0) is 19.4 Å². The molecule has 0 aliphatic heterocycles. The third-order valence-electron chi connectivity index (χ3n) is 3.43. The zero-order valence-electron chi connectivity index (χ0n) is 12.5. The van der Waals surface area contributed by atoms with Crippen LogP contribution in [0.25, 0.3) is 0 Å². The van der Waals surface area contributed by atoms with Crippen LogP contribution < -0.4 is 0 Å². The summed E-state index contributed by atoms with van der Waals surface area (Å²) in [5.74, 6) is -0.390. The van der Waals surface area contributed by atoms with Crippen molar-refractivity contribution >= 4 is 5.97 Å². The number of ether oxygens (including phenoxy) is 2. The SMILES string of the molecule is COC(C)COC(=O)c1cncn1[C@H](C)c1ccccc1. The molecule has 0 fully saturated rings. The molecule has 2 aromatic rings. The topological polar surface area (TPSA) is 53.4 Å². The van der Waals surface area contributed by atoms with E-state index in [1.165, 1.54) is 6.20 Å². The fourth-order valence-corrected chi connectivity index (χ4v) is 2.00. The maximum Gasteiger partial charge on any atom is 0.356 e. The summed E-state index contributed by atoms with van der Waals surface area (Å²) < 4.78 is 12.1. The quantitative estimate of drug-likeness (QED) is 0.767. The van der Waals surface area contributed by atoms with Gasteiger partial charge in [-0.25, -0.2) is 9.78 Å². The summed E-state index contributed by atoms with van der Waals surface area (Å²) in [6, 6.07) is 9.96. The number of methoxy groups -OCH3 is 1. The lowest BCUT2D eigenvalue weighted by molar-refractivity contribution is 0.0159. The first-order valence-electron chi connectivity index (χ1n) is 6.90. The molecule has 2 atom stereocenters. The van der Waals surface area contributed by atoms with Crippen molar-refractivity contribution in [3.63, 3.8) is 0 Å². The van der Waals surface area contributed by atoms with Crippen LogP contribution in [-0.4, -0.2) is 35.3 Å². The Morgan fingerprint density at radius 2 is 2.00 bits per heavy atom. The molecule has 0 bridgehead atoms. The van der Waals surface area contributed by atoms with Crippen LogP contribution in [-0.2, 0) is 9.47 Å². The summed E-state index contributed by atoms with van der Waals surface area (Å²) in [7, 11) is 1.58. The fraction of sp³-hybridized carbons (Fsp3) is 0.375. The maximum atomic E-state index is 12.1. The van der Waals surface area contributed by atoms with E-state index in [0.29, 0.717) is 5.69 Å². The molecule has 0 N–H and O–H groups in total. The summed E-state index contributed by atoms with van der Waals surface area (Å²) >= 11 is 0. The van der Waals surface area contributed by atoms with Crippen LogP contribution in [0.3, 0.4) is 0 Å². The largest absolute Gasteiger partial charge is 0.458 e. The Kier molecular flexibility index (Phi) is 5.11. The molecule has 2 rings (SSSR count). The first-order valence-corrected chi connectivity index (χ1v) is 6.90. The van der Waals surface area contributed by atoms with Crippen molar-refractivity contribution in [3.05, 3.63) is 54.1 Å². The molecule has 21 heavy (non-hydrogen) atoms. The first kappa shape index (κ1) is 15.3. The van der Waals surface area contributed by atoms with E-state index in [1.54, 1.807) is 13.4 Å². The van der Waals surface area contributed by atoms with Crippen molar-refractivity contribution in [3.8, 4) is 0 Å². The van der Waals surface area contributed by atoms with Crippen molar-refractivity contribution in [1.29, 1.82) is 0 Å². The molecule has 0 radical (unpaired) electrons. The smallest absolute Gasteiger partial charge is 0.356 e. The van der Waals surface area contributed by atoms with E-state index in [0.717, 1.165) is 5.56 Å². The minimum atomic E-state index is -0.390. The van der Waals surface area contributed by atoms with Gasteiger partial charge in [-0.2, -0.15) is 0 Å². The average molecular weight is 288 g/mol. The minimum absolute atomic E-state index is 0.0103. The van der Waals surface area contributed by atoms with E-state index < -0.39 is 0 Å². The number of rotatable bonds is 6. The van der Waals surface area contributed by atoms with Gasteiger partial charge in [0.25, 0.3) is 0 Å². The van der Waals surface area contributed by atoms with Crippen molar-refractivity contribution < 1.29 is 14.3 Å². The number of benzene rings is 1. The number of nitrogens with zero attached hydrogens (tertiary/aromatic N) is 2. The lowest BCUT2D eigenvalue weighted by Gasteiger charge is -2.17. The van der Waals surface area contributed by atoms with Gasteiger partial charge >= 0.3 is 5.97 Å². The van der Waals surface area contributed by atoms with Crippen LogP contribution in [0, 0.1) is 0 Å². The van der Waals surface area contributed by atoms with E-state index >= 15 is 0 Å². The molecule has 0 aliphatic rings. The molecule has 0 saturated carbocycles. The molecule has 5 heteroatoms. The molecule has 0 saturated heterocycles. The normalized spacial score (nSPS) is 13.7. The Balaban J connectivity index is 2.13. The lowest BCUT2D eigenvalue weighted by atomic mass is 10.1. The zero-order chi connectivity index (χ0) is 15.2. The summed E-state index contributed by atoms with van der Waals surface area (Å²) in [6.45, 7) is 4.09. The number of esters is 1. The Labute approximate surface area is 124 Å². The van der Waals surface area contributed by atoms with Gasteiger partial charge in [0, 0.05) is 7.11 Å². The minimum Gasteiger partial charge on any atom is -0.458 e. The molecule has 0 amide bonds. The number of hydrogen-bond acceptors (Lipinski definition) is 4. The second-order valence-corrected chi connectivity index (χ2v) is 4.92. The van der Waals surface area contributed by atoms with Crippen molar-refractivity contribution in [2.45, 2.75) is 26.0 Å². The van der Waals surface area contributed by atoms with Crippen LogP contribution in [0.2, 0.25) is 0 Å². The van der Waals surface area contributed by atoms with Gasteiger partial charge in [0.15, 0.2) is 0 Å². The Hall–Kier alpha value is -2.14. The van der Waals surface area contributed by atoms with E-state index in [2.05, 4.69) is 4.98 Å². The van der Waals surface area contributed by atoms with Gasteiger partial charge < -0.3 is 14.0 Å². The molecule has 0 spiro atoms. The van der Waals surface area contributed by atoms with Gasteiger partial charge in [-0.1, -0.05) is 30.3 Å². The van der Waals surface area contributed by atoms with Crippen molar-refractivity contribution in [2.75, 3.05) is 13.7 Å². The van der Waals surface area contributed by atoms with E-state index in [1.807, 2.05) is 48.7 Å². The van der Waals surface area contributed by atoms with Gasteiger partial charge in [-0.3, -0.25) is 0 Å². The van der Waals surface area contributed by atoms with Crippen molar-refractivity contribution in [1.82, 2.24) is 9.55 Å². The highest BCUT2D eigenvalue weighted by molar-refractivity contribution is 5.87. The van der Waals surface area contributed by atoms with Gasteiger partial charge in [0.05, 0.1) is 24.7 Å². The number of hydrogen-bond donors (Lipinski definition) is 0. The third-order valence-corrected chi connectivity index (χ3v) is 3.43. The summed E-state index contributed by atoms with van der Waals surface area (Å²) in [5.41, 5.74) is 1.55. The monoisotopic (exact) mass is 288 g/mol. The average Bonchev–Trinajstić information content (AvgIpc) is 3.01. The van der Waals surface area contributed by atoms with E-state index in [-0.39, 0.29) is 24.7 Å². The predicted octanol–water partition coefficient (Wildman–Crippen LogP) is 2.68. The van der Waals surface area contributed by atoms with E-state index in [4.69, 9.17) is 9.47 Å². The van der Waals surface area contributed by atoms with E-state index in [9.17, 15) is 4.79 Å². The van der Waals surface area contributed by atoms with Gasteiger partial charge in [0.2, 0.25) is 0 Å².